The molecule has 22 heavy (non-hydrogen) atoms. The molecule has 5 nitrogen and oxygen atoms in total. The molecule has 0 saturated carbocycles. The number of carbonyl (C=O) groups excluding carboxylic acids is 1. The fourth-order valence-electron chi connectivity index (χ4n) is 2.81. The van der Waals surface area contributed by atoms with Crippen LogP contribution in [0.25, 0.3) is 0 Å². The van der Waals surface area contributed by atoms with E-state index in [2.05, 4.69) is 5.32 Å². The summed E-state index contributed by atoms with van der Waals surface area (Å²) in [5, 5.41) is 12.2. The molecule has 1 aliphatic heterocycles. The second-order valence-electron chi connectivity index (χ2n) is 5.92. The lowest BCUT2D eigenvalue weighted by Crippen LogP contribution is -2.41. The minimum atomic E-state index is -0.0641. The molecule has 1 aromatic rings. The molecule has 1 saturated heterocycles. The smallest absolute Gasteiger partial charge is 0.317 e. The number of rotatable bonds is 7. The number of benzene rings is 1. The number of aliphatic hydroxyl groups is 1. The van der Waals surface area contributed by atoms with E-state index in [1.54, 1.807) is 4.90 Å². The van der Waals surface area contributed by atoms with Gasteiger partial charge >= 0.3 is 6.03 Å². The first-order valence-corrected chi connectivity index (χ1v) is 7.93. The van der Waals surface area contributed by atoms with Gasteiger partial charge in [0.2, 0.25) is 0 Å². The molecule has 2 atom stereocenters. The first-order chi connectivity index (χ1) is 10.7. The summed E-state index contributed by atoms with van der Waals surface area (Å²) in [5.74, 6) is 0.580. The molecular weight excluding hydrogens is 280 g/mol. The number of nitrogens with zero attached hydrogens (tertiary/aromatic N) is 1. The molecule has 5 heteroatoms. The quantitative estimate of drug-likeness (QED) is 0.808. The lowest BCUT2D eigenvalue weighted by atomic mass is 9.96. The molecule has 2 rings (SSSR count). The van der Waals surface area contributed by atoms with Crippen LogP contribution in [0.15, 0.2) is 30.3 Å². The Morgan fingerprint density at radius 2 is 2.23 bits per heavy atom. The van der Waals surface area contributed by atoms with Gasteiger partial charge in [-0.15, -0.1) is 0 Å². The molecule has 0 spiro atoms. The standard InChI is InChI=1S/C17H26N2O3/c1-19(12-14-8-10-22-13-14)17(21)18-11-16(7-9-20)15-5-3-2-4-6-15/h2-6,14,16,20H,7-13H2,1H3,(H,18,21). The van der Waals surface area contributed by atoms with Gasteiger partial charge in [-0.25, -0.2) is 4.79 Å². The Morgan fingerprint density at radius 1 is 1.45 bits per heavy atom. The van der Waals surface area contributed by atoms with Crippen molar-refractivity contribution in [3.63, 3.8) is 0 Å². The van der Waals surface area contributed by atoms with Gasteiger partial charge in [-0.1, -0.05) is 30.3 Å². The molecule has 0 aromatic heterocycles. The van der Waals surface area contributed by atoms with Crippen molar-refractivity contribution in [3.8, 4) is 0 Å². The first kappa shape index (κ1) is 16.8. The Labute approximate surface area is 132 Å². The zero-order valence-electron chi connectivity index (χ0n) is 13.2. The zero-order chi connectivity index (χ0) is 15.8. The van der Waals surface area contributed by atoms with E-state index in [1.807, 2.05) is 37.4 Å². The summed E-state index contributed by atoms with van der Waals surface area (Å²) in [7, 11) is 1.82. The molecule has 1 heterocycles. The molecule has 0 aliphatic carbocycles. The van der Waals surface area contributed by atoms with Gasteiger partial charge in [0, 0.05) is 45.2 Å². The van der Waals surface area contributed by atoms with Gasteiger partial charge in [-0.2, -0.15) is 0 Å². The maximum Gasteiger partial charge on any atom is 0.317 e. The van der Waals surface area contributed by atoms with Crippen molar-refractivity contribution in [2.45, 2.75) is 18.8 Å². The molecule has 1 aromatic carbocycles. The topological polar surface area (TPSA) is 61.8 Å². The Balaban J connectivity index is 1.81. The van der Waals surface area contributed by atoms with Gasteiger partial charge in [-0.3, -0.25) is 0 Å². The minimum Gasteiger partial charge on any atom is -0.396 e. The van der Waals surface area contributed by atoms with Crippen molar-refractivity contribution in [2.24, 2.45) is 5.92 Å². The first-order valence-electron chi connectivity index (χ1n) is 7.93. The SMILES string of the molecule is CN(CC1CCOC1)C(=O)NCC(CCO)c1ccccc1. The summed E-state index contributed by atoms with van der Waals surface area (Å²) in [6.07, 6.45) is 1.67. The van der Waals surface area contributed by atoms with Crippen LogP contribution in [0.4, 0.5) is 4.79 Å². The number of carbonyl (C=O) groups is 1. The van der Waals surface area contributed by atoms with Crippen LogP contribution in [0, 0.1) is 5.92 Å². The number of nitrogens with one attached hydrogen (secondary N) is 1. The normalized spacial score (nSPS) is 18.9. The predicted octanol–water partition coefficient (Wildman–Crippen LogP) is 1.83. The second kappa shape index (κ2) is 8.76. The number of ether oxygens (including phenoxy) is 1. The number of urea groups is 1. The minimum absolute atomic E-state index is 0.0641. The fourth-order valence-corrected chi connectivity index (χ4v) is 2.81. The summed E-state index contributed by atoms with van der Waals surface area (Å²) >= 11 is 0. The number of hydrogen-bond donors (Lipinski definition) is 2. The van der Waals surface area contributed by atoms with Gasteiger partial charge in [0.1, 0.15) is 0 Å². The van der Waals surface area contributed by atoms with Crippen LogP contribution in [-0.2, 0) is 4.74 Å². The van der Waals surface area contributed by atoms with Crippen LogP contribution < -0.4 is 5.32 Å². The van der Waals surface area contributed by atoms with Gasteiger partial charge in [0.25, 0.3) is 0 Å². The van der Waals surface area contributed by atoms with E-state index in [4.69, 9.17) is 4.74 Å². The summed E-state index contributed by atoms with van der Waals surface area (Å²) < 4.78 is 5.34. The van der Waals surface area contributed by atoms with E-state index in [9.17, 15) is 9.90 Å². The van der Waals surface area contributed by atoms with Crippen LogP contribution in [0.2, 0.25) is 0 Å². The average Bonchev–Trinajstić information content (AvgIpc) is 3.04. The third-order valence-corrected chi connectivity index (χ3v) is 4.15. The molecule has 2 amide bonds. The van der Waals surface area contributed by atoms with E-state index in [0.29, 0.717) is 18.9 Å². The lowest BCUT2D eigenvalue weighted by Gasteiger charge is -2.23. The Bertz CT molecular complexity index is 446. The third kappa shape index (κ3) is 5.00. The second-order valence-corrected chi connectivity index (χ2v) is 5.92. The van der Waals surface area contributed by atoms with E-state index in [1.165, 1.54) is 0 Å². The zero-order valence-corrected chi connectivity index (χ0v) is 13.2. The monoisotopic (exact) mass is 306 g/mol. The van der Waals surface area contributed by atoms with Crippen LogP contribution in [0.1, 0.15) is 24.3 Å². The Hall–Kier alpha value is -1.59. The van der Waals surface area contributed by atoms with Crippen molar-refractivity contribution in [1.29, 1.82) is 0 Å². The highest BCUT2D eigenvalue weighted by Gasteiger charge is 2.20. The summed E-state index contributed by atoms with van der Waals surface area (Å²) in [6, 6.07) is 9.93. The fraction of sp³-hybridized carbons (Fsp3) is 0.588. The maximum atomic E-state index is 12.2. The molecule has 2 N–H and O–H groups in total. The number of amides is 2. The highest BCUT2D eigenvalue weighted by Crippen LogP contribution is 2.18. The molecule has 0 radical (unpaired) electrons. The average molecular weight is 306 g/mol. The van der Waals surface area contributed by atoms with Gasteiger partial charge in [0.05, 0.1) is 6.61 Å². The van der Waals surface area contributed by atoms with Crippen molar-refractivity contribution >= 4 is 6.03 Å². The van der Waals surface area contributed by atoms with E-state index in [-0.39, 0.29) is 18.6 Å². The van der Waals surface area contributed by atoms with Crippen molar-refractivity contribution < 1.29 is 14.6 Å². The molecule has 2 unspecified atom stereocenters. The number of aliphatic hydroxyl groups excluding tert-OH is 1. The van der Waals surface area contributed by atoms with E-state index in [0.717, 1.165) is 31.7 Å². The van der Waals surface area contributed by atoms with Crippen LogP contribution >= 0.6 is 0 Å². The predicted molar refractivity (Wildman–Crippen MR) is 85.8 cm³/mol. The largest absolute Gasteiger partial charge is 0.396 e. The van der Waals surface area contributed by atoms with Crippen molar-refractivity contribution in [2.75, 3.05) is 40.0 Å². The number of hydrogen-bond acceptors (Lipinski definition) is 3. The van der Waals surface area contributed by atoms with Crippen LogP contribution in [0.5, 0.6) is 0 Å². The summed E-state index contributed by atoms with van der Waals surface area (Å²) in [6.45, 7) is 2.92. The highest BCUT2D eigenvalue weighted by atomic mass is 16.5. The van der Waals surface area contributed by atoms with Crippen molar-refractivity contribution in [1.82, 2.24) is 10.2 Å². The molecule has 1 fully saturated rings. The highest BCUT2D eigenvalue weighted by molar-refractivity contribution is 5.73. The molecule has 0 bridgehead atoms. The Kier molecular flexibility index (Phi) is 6.68. The van der Waals surface area contributed by atoms with Gasteiger partial charge in [0.15, 0.2) is 0 Å². The van der Waals surface area contributed by atoms with Crippen LogP contribution in [-0.4, -0.2) is 56.0 Å². The van der Waals surface area contributed by atoms with Crippen LogP contribution in [0.3, 0.4) is 0 Å². The van der Waals surface area contributed by atoms with Gasteiger partial charge in [-0.05, 0) is 18.4 Å². The van der Waals surface area contributed by atoms with Crippen molar-refractivity contribution in [3.05, 3.63) is 35.9 Å². The molecule has 1 aliphatic rings. The summed E-state index contributed by atoms with van der Waals surface area (Å²) in [5.41, 5.74) is 1.14. The molecular formula is C17H26N2O3. The summed E-state index contributed by atoms with van der Waals surface area (Å²) in [4.78, 5) is 13.9. The van der Waals surface area contributed by atoms with E-state index < -0.39 is 0 Å². The van der Waals surface area contributed by atoms with E-state index >= 15 is 0 Å². The van der Waals surface area contributed by atoms with Gasteiger partial charge < -0.3 is 20.1 Å². The third-order valence-electron chi connectivity index (χ3n) is 4.15. The Morgan fingerprint density at radius 3 is 2.86 bits per heavy atom. The maximum absolute atomic E-state index is 12.2. The molecule has 122 valence electrons. The lowest BCUT2D eigenvalue weighted by molar-refractivity contribution is 0.171.